The summed E-state index contributed by atoms with van der Waals surface area (Å²) in [6.45, 7) is 5.60. The molecular formula is C21H25F2N3O2+2. The van der Waals surface area contributed by atoms with Crippen molar-refractivity contribution in [1.82, 2.24) is 0 Å². The summed E-state index contributed by atoms with van der Waals surface area (Å²) in [7, 11) is 0. The zero-order valence-corrected chi connectivity index (χ0v) is 15.7. The first kappa shape index (κ1) is 18.8. The lowest BCUT2D eigenvalue weighted by Crippen LogP contribution is -3.28. The zero-order chi connectivity index (χ0) is 19.5. The van der Waals surface area contributed by atoms with E-state index in [0.717, 1.165) is 68.5 Å². The van der Waals surface area contributed by atoms with Crippen molar-refractivity contribution in [3.8, 4) is 5.75 Å². The van der Waals surface area contributed by atoms with Gasteiger partial charge >= 0.3 is 0 Å². The van der Waals surface area contributed by atoms with Crippen molar-refractivity contribution in [2.24, 2.45) is 0 Å². The van der Waals surface area contributed by atoms with Gasteiger partial charge in [0.1, 0.15) is 55.8 Å². The molecule has 7 heteroatoms. The standard InChI is InChI=1S/C21H23F2N3O2/c22-17-2-1-3-18(23)21(17)24-20(27)14-26-9-7-25(8-10-26)13-15-4-5-19-16(12-15)6-11-28-19/h1-5,12H,6-11,13-14H2,(H,24,27)/p+2. The summed E-state index contributed by atoms with van der Waals surface area (Å²) < 4.78 is 32.9. The second-order valence-electron chi connectivity index (χ2n) is 7.54. The summed E-state index contributed by atoms with van der Waals surface area (Å²) in [6.07, 6.45) is 0.980. The fourth-order valence-electron chi connectivity index (χ4n) is 3.98. The molecule has 0 spiro atoms. The minimum atomic E-state index is -0.752. The van der Waals surface area contributed by atoms with Gasteiger partial charge in [0, 0.05) is 12.0 Å². The van der Waals surface area contributed by atoms with Gasteiger partial charge in [0.15, 0.2) is 6.54 Å². The monoisotopic (exact) mass is 389 g/mol. The summed E-state index contributed by atoms with van der Waals surface area (Å²) in [5.74, 6) is -0.860. The van der Waals surface area contributed by atoms with E-state index in [4.69, 9.17) is 4.74 Å². The van der Waals surface area contributed by atoms with Crippen LogP contribution < -0.4 is 19.9 Å². The molecule has 28 heavy (non-hydrogen) atoms. The Hall–Kier alpha value is -2.51. The van der Waals surface area contributed by atoms with Gasteiger partial charge in [0.2, 0.25) is 0 Å². The SMILES string of the molecule is O=C(C[NH+]1CC[NH+](Cc2ccc3c(c2)CCO3)CC1)Nc1c(F)cccc1F. The molecule has 0 aliphatic carbocycles. The molecule has 2 aromatic carbocycles. The van der Waals surface area contributed by atoms with E-state index in [1.807, 2.05) is 0 Å². The van der Waals surface area contributed by atoms with Crippen LogP contribution in [-0.2, 0) is 17.8 Å². The minimum absolute atomic E-state index is 0.219. The highest BCUT2D eigenvalue weighted by Crippen LogP contribution is 2.25. The number of amides is 1. The number of anilines is 1. The van der Waals surface area contributed by atoms with Crippen LogP contribution in [0.2, 0.25) is 0 Å². The largest absolute Gasteiger partial charge is 0.493 e. The van der Waals surface area contributed by atoms with Gasteiger partial charge in [-0.3, -0.25) is 4.79 Å². The smallest absolute Gasteiger partial charge is 0.279 e. The maximum atomic E-state index is 13.7. The van der Waals surface area contributed by atoms with Crippen molar-refractivity contribution in [3.05, 3.63) is 59.2 Å². The molecule has 1 saturated heterocycles. The second-order valence-corrected chi connectivity index (χ2v) is 7.54. The molecule has 2 aromatic rings. The highest BCUT2D eigenvalue weighted by molar-refractivity contribution is 5.91. The van der Waals surface area contributed by atoms with Crippen LogP contribution in [-0.4, -0.2) is 45.2 Å². The number of ether oxygens (including phenoxy) is 1. The number of rotatable bonds is 5. The molecule has 2 aliphatic heterocycles. The Bertz CT molecular complexity index is 846. The molecule has 0 saturated carbocycles. The number of piperazine rings is 1. The molecule has 4 rings (SSSR count). The molecule has 0 aromatic heterocycles. The number of carbonyl (C=O) groups is 1. The minimum Gasteiger partial charge on any atom is -0.493 e. The van der Waals surface area contributed by atoms with Crippen molar-refractivity contribution in [1.29, 1.82) is 0 Å². The molecule has 148 valence electrons. The van der Waals surface area contributed by atoms with E-state index in [2.05, 4.69) is 23.5 Å². The second kappa shape index (κ2) is 8.24. The van der Waals surface area contributed by atoms with E-state index in [0.29, 0.717) is 0 Å². The molecule has 0 unspecified atom stereocenters. The number of quaternary nitrogens is 2. The average Bonchev–Trinajstić information content (AvgIpc) is 3.14. The van der Waals surface area contributed by atoms with E-state index in [1.165, 1.54) is 22.1 Å². The highest BCUT2D eigenvalue weighted by atomic mass is 19.1. The lowest BCUT2D eigenvalue weighted by atomic mass is 10.1. The van der Waals surface area contributed by atoms with Gasteiger partial charge in [-0.05, 0) is 35.9 Å². The molecule has 2 aliphatic rings. The van der Waals surface area contributed by atoms with E-state index >= 15 is 0 Å². The Morgan fingerprint density at radius 1 is 1.04 bits per heavy atom. The lowest BCUT2D eigenvalue weighted by molar-refractivity contribution is -1.02. The third kappa shape index (κ3) is 4.31. The number of hydrogen-bond acceptors (Lipinski definition) is 2. The van der Waals surface area contributed by atoms with Crippen LogP contribution in [0.25, 0.3) is 0 Å². The van der Waals surface area contributed by atoms with Crippen LogP contribution in [0.1, 0.15) is 11.1 Å². The van der Waals surface area contributed by atoms with Crippen LogP contribution in [0.4, 0.5) is 14.5 Å². The number of halogens is 2. The summed E-state index contributed by atoms with van der Waals surface area (Å²) in [5.41, 5.74) is 2.24. The van der Waals surface area contributed by atoms with Crippen LogP contribution >= 0.6 is 0 Å². The average molecular weight is 389 g/mol. The highest BCUT2D eigenvalue weighted by Gasteiger charge is 2.26. The maximum Gasteiger partial charge on any atom is 0.279 e. The van der Waals surface area contributed by atoms with Gasteiger partial charge in [0.05, 0.1) is 6.61 Å². The first-order valence-corrected chi connectivity index (χ1v) is 9.74. The van der Waals surface area contributed by atoms with Gasteiger partial charge in [-0.15, -0.1) is 0 Å². The molecule has 5 nitrogen and oxygen atoms in total. The fourth-order valence-corrected chi connectivity index (χ4v) is 3.98. The number of hydrogen-bond donors (Lipinski definition) is 3. The summed E-state index contributed by atoms with van der Waals surface area (Å²) >= 11 is 0. The summed E-state index contributed by atoms with van der Waals surface area (Å²) in [5, 5.41) is 2.37. The van der Waals surface area contributed by atoms with Crippen LogP contribution in [0.5, 0.6) is 5.75 Å². The summed E-state index contributed by atoms with van der Waals surface area (Å²) in [4.78, 5) is 14.8. The van der Waals surface area contributed by atoms with Crippen molar-refractivity contribution < 1.29 is 28.1 Å². The van der Waals surface area contributed by atoms with E-state index < -0.39 is 11.6 Å². The van der Waals surface area contributed by atoms with Gasteiger partial charge in [-0.25, -0.2) is 8.78 Å². The van der Waals surface area contributed by atoms with E-state index in [9.17, 15) is 13.6 Å². The molecule has 0 atom stereocenters. The third-order valence-corrected chi connectivity index (χ3v) is 5.51. The van der Waals surface area contributed by atoms with Crippen LogP contribution in [0, 0.1) is 11.6 Å². The van der Waals surface area contributed by atoms with Crippen molar-refractivity contribution in [3.63, 3.8) is 0 Å². The quantitative estimate of drug-likeness (QED) is 0.665. The molecule has 0 radical (unpaired) electrons. The normalized spacial score (nSPS) is 21.1. The predicted molar refractivity (Wildman–Crippen MR) is 101 cm³/mol. The summed E-state index contributed by atoms with van der Waals surface area (Å²) in [6, 6.07) is 9.99. The Labute approximate surface area is 162 Å². The Morgan fingerprint density at radius 2 is 1.75 bits per heavy atom. The molecule has 1 fully saturated rings. The van der Waals surface area contributed by atoms with Gasteiger partial charge in [0.25, 0.3) is 5.91 Å². The van der Waals surface area contributed by atoms with Gasteiger partial charge in [-0.2, -0.15) is 0 Å². The molecule has 2 heterocycles. The zero-order valence-electron chi connectivity index (χ0n) is 15.7. The number of carbonyl (C=O) groups excluding carboxylic acids is 1. The first-order valence-electron chi connectivity index (χ1n) is 9.74. The van der Waals surface area contributed by atoms with Gasteiger partial charge < -0.3 is 19.9 Å². The molecular weight excluding hydrogens is 364 g/mol. The molecule has 1 amide bonds. The molecule has 3 N–H and O–H groups in total. The lowest BCUT2D eigenvalue weighted by Gasteiger charge is -2.29. The number of para-hydroxylation sites is 1. The maximum absolute atomic E-state index is 13.7. The van der Waals surface area contributed by atoms with Crippen LogP contribution in [0.15, 0.2) is 36.4 Å². The van der Waals surface area contributed by atoms with E-state index in [-0.39, 0.29) is 18.1 Å². The van der Waals surface area contributed by atoms with Crippen molar-refractivity contribution in [2.45, 2.75) is 13.0 Å². The van der Waals surface area contributed by atoms with Crippen molar-refractivity contribution in [2.75, 3.05) is 44.6 Å². The van der Waals surface area contributed by atoms with Crippen LogP contribution in [0.3, 0.4) is 0 Å². The number of benzene rings is 2. The topological polar surface area (TPSA) is 47.2 Å². The Balaban J connectivity index is 1.25. The number of fused-ring (bicyclic) bond motifs is 1. The fraction of sp³-hybridized carbons (Fsp3) is 0.381. The first-order chi connectivity index (χ1) is 13.6. The van der Waals surface area contributed by atoms with Crippen molar-refractivity contribution >= 4 is 11.6 Å². The molecule has 0 bridgehead atoms. The third-order valence-electron chi connectivity index (χ3n) is 5.51. The number of nitrogens with one attached hydrogen (secondary N) is 3. The van der Waals surface area contributed by atoms with Gasteiger partial charge in [-0.1, -0.05) is 6.07 Å². The Kier molecular flexibility index (Phi) is 5.54. The Morgan fingerprint density at radius 3 is 2.50 bits per heavy atom. The van der Waals surface area contributed by atoms with E-state index in [1.54, 1.807) is 0 Å². The predicted octanol–water partition coefficient (Wildman–Crippen LogP) is -0.178.